The number of hydrogen-bond acceptors (Lipinski definition) is 6. The largest absolute Gasteiger partial charge is 0.461 e. The van der Waals surface area contributed by atoms with Crippen LogP contribution in [0.3, 0.4) is 0 Å². The van der Waals surface area contributed by atoms with E-state index in [4.69, 9.17) is 4.42 Å². The molecular weight excluding hydrogens is 240 g/mol. The van der Waals surface area contributed by atoms with Gasteiger partial charge in [0, 0.05) is 6.20 Å². The Morgan fingerprint density at radius 2 is 2.12 bits per heavy atom. The first-order valence-corrected chi connectivity index (χ1v) is 5.94. The van der Waals surface area contributed by atoms with Crippen molar-refractivity contribution in [2.45, 2.75) is 5.16 Å². The minimum Gasteiger partial charge on any atom is -0.461 e. The van der Waals surface area contributed by atoms with Gasteiger partial charge in [-0.05, 0) is 24.5 Å². The van der Waals surface area contributed by atoms with Gasteiger partial charge in [0.2, 0.25) is 0 Å². The van der Waals surface area contributed by atoms with Crippen LogP contribution in [0.1, 0.15) is 21.0 Å². The van der Waals surface area contributed by atoms with Gasteiger partial charge in [-0.2, -0.15) is 0 Å². The average molecular weight is 248 g/mol. The third kappa shape index (κ3) is 2.42. The minimum absolute atomic E-state index is 0.0133. The summed E-state index contributed by atoms with van der Waals surface area (Å²) < 4.78 is 4.88. The van der Waals surface area contributed by atoms with Gasteiger partial charge in [0.05, 0.1) is 6.26 Å². The number of nitrogens with zero attached hydrogens (tertiary/aromatic N) is 2. The molecule has 0 bridgehead atoms. The fourth-order valence-electron chi connectivity index (χ4n) is 1.20. The lowest BCUT2D eigenvalue weighted by atomic mass is 10.1. The lowest BCUT2D eigenvalue weighted by Crippen LogP contribution is -2.15. The molecule has 0 amide bonds. The van der Waals surface area contributed by atoms with Gasteiger partial charge < -0.3 is 4.42 Å². The summed E-state index contributed by atoms with van der Waals surface area (Å²) in [5, 5.41) is 0.447. The lowest BCUT2D eigenvalue weighted by Gasteiger charge is -1.98. The van der Waals surface area contributed by atoms with Crippen LogP contribution in [-0.4, -0.2) is 27.8 Å². The van der Waals surface area contributed by atoms with E-state index in [1.165, 1.54) is 36.4 Å². The fourth-order valence-corrected chi connectivity index (χ4v) is 1.56. The van der Waals surface area contributed by atoms with Crippen molar-refractivity contribution in [3.05, 3.63) is 42.1 Å². The van der Waals surface area contributed by atoms with Crippen molar-refractivity contribution in [3.8, 4) is 0 Å². The van der Waals surface area contributed by atoms with Crippen molar-refractivity contribution in [1.29, 1.82) is 0 Å². The highest BCUT2D eigenvalue weighted by Crippen LogP contribution is 2.10. The molecule has 5 nitrogen and oxygen atoms in total. The van der Waals surface area contributed by atoms with Gasteiger partial charge in [-0.3, -0.25) is 9.59 Å². The first-order valence-electron chi connectivity index (χ1n) is 4.72. The van der Waals surface area contributed by atoms with Crippen LogP contribution < -0.4 is 0 Å². The van der Waals surface area contributed by atoms with E-state index in [0.29, 0.717) is 5.16 Å². The van der Waals surface area contributed by atoms with Crippen LogP contribution in [0.25, 0.3) is 0 Å². The van der Waals surface area contributed by atoms with Crippen molar-refractivity contribution in [1.82, 2.24) is 9.97 Å². The highest BCUT2D eigenvalue weighted by molar-refractivity contribution is 7.98. The molecule has 6 heteroatoms. The molecule has 2 aromatic heterocycles. The Morgan fingerprint density at radius 3 is 2.76 bits per heavy atom. The van der Waals surface area contributed by atoms with Gasteiger partial charge >= 0.3 is 0 Å². The number of carbonyl (C=O) groups is 2. The number of aromatic nitrogens is 2. The van der Waals surface area contributed by atoms with E-state index in [2.05, 4.69) is 9.97 Å². The van der Waals surface area contributed by atoms with Gasteiger partial charge in [0.1, 0.15) is 5.69 Å². The van der Waals surface area contributed by atoms with Gasteiger partial charge in [0.25, 0.3) is 11.6 Å². The summed E-state index contributed by atoms with van der Waals surface area (Å²) in [5.41, 5.74) is 0.0748. The molecule has 0 atom stereocenters. The first-order chi connectivity index (χ1) is 8.22. The zero-order valence-electron chi connectivity index (χ0n) is 8.91. The van der Waals surface area contributed by atoms with Crippen molar-refractivity contribution in [2.24, 2.45) is 0 Å². The van der Waals surface area contributed by atoms with Crippen LogP contribution in [-0.2, 0) is 0 Å². The summed E-state index contributed by atoms with van der Waals surface area (Å²) in [6, 6.07) is 4.40. The predicted molar refractivity (Wildman–Crippen MR) is 61.2 cm³/mol. The Balaban J connectivity index is 2.28. The van der Waals surface area contributed by atoms with Crippen LogP contribution in [0.5, 0.6) is 0 Å². The normalized spacial score (nSPS) is 10.2. The molecule has 0 fully saturated rings. The maximum Gasteiger partial charge on any atom is 0.270 e. The van der Waals surface area contributed by atoms with Crippen molar-refractivity contribution < 1.29 is 14.0 Å². The lowest BCUT2D eigenvalue weighted by molar-refractivity contribution is 0.0797. The molecule has 86 valence electrons. The molecule has 2 rings (SSSR count). The van der Waals surface area contributed by atoms with Crippen LogP contribution in [0, 0.1) is 0 Å². The summed E-state index contributed by atoms with van der Waals surface area (Å²) >= 11 is 1.30. The van der Waals surface area contributed by atoms with Crippen LogP contribution in [0.4, 0.5) is 0 Å². The Labute approximate surface area is 101 Å². The van der Waals surface area contributed by atoms with E-state index in [1.807, 2.05) is 0 Å². The number of Topliss-reactive ketones (excluding diaryl/α,β-unsaturated/α-hetero) is 2. The molecule has 0 saturated carbocycles. The highest BCUT2D eigenvalue weighted by Gasteiger charge is 2.22. The highest BCUT2D eigenvalue weighted by atomic mass is 32.2. The average Bonchev–Trinajstić information content (AvgIpc) is 2.91. The van der Waals surface area contributed by atoms with E-state index in [1.54, 1.807) is 12.3 Å². The summed E-state index contributed by atoms with van der Waals surface area (Å²) in [5.74, 6) is -1.39. The number of hydrogen-bond donors (Lipinski definition) is 0. The van der Waals surface area contributed by atoms with E-state index in [-0.39, 0.29) is 11.5 Å². The van der Waals surface area contributed by atoms with E-state index >= 15 is 0 Å². The summed E-state index contributed by atoms with van der Waals surface area (Å²) in [7, 11) is 0. The topological polar surface area (TPSA) is 73.1 Å². The molecule has 2 heterocycles. The molecule has 0 radical (unpaired) electrons. The summed E-state index contributed by atoms with van der Waals surface area (Å²) in [6.45, 7) is 0. The molecule has 0 N–H and O–H groups in total. The Kier molecular flexibility index (Phi) is 3.34. The molecule has 0 aliphatic carbocycles. The van der Waals surface area contributed by atoms with E-state index in [0.717, 1.165) is 0 Å². The molecular formula is C11H8N2O3S. The number of carbonyl (C=O) groups excluding carboxylic acids is 2. The molecule has 0 aromatic carbocycles. The zero-order valence-corrected chi connectivity index (χ0v) is 9.73. The maximum absolute atomic E-state index is 11.8. The third-order valence-electron chi connectivity index (χ3n) is 2.00. The van der Waals surface area contributed by atoms with Crippen LogP contribution in [0.15, 0.2) is 40.2 Å². The van der Waals surface area contributed by atoms with E-state index in [9.17, 15) is 9.59 Å². The summed E-state index contributed by atoms with van der Waals surface area (Å²) in [6.07, 6.45) is 4.58. The van der Waals surface area contributed by atoms with Crippen molar-refractivity contribution in [2.75, 3.05) is 6.26 Å². The van der Waals surface area contributed by atoms with Gasteiger partial charge in [-0.1, -0.05) is 11.8 Å². The molecule has 2 aromatic rings. The molecule has 0 aliphatic heterocycles. The quantitative estimate of drug-likeness (QED) is 0.356. The smallest absolute Gasteiger partial charge is 0.270 e. The first kappa shape index (κ1) is 11.5. The molecule has 0 saturated heterocycles. The van der Waals surface area contributed by atoms with Crippen molar-refractivity contribution in [3.63, 3.8) is 0 Å². The van der Waals surface area contributed by atoms with E-state index < -0.39 is 11.6 Å². The Bertz CT molecular complexity index is 552. The third-order valence-corrected chi connectivity index (χ3v) is 2.56. The Hall–Kier alpha value is -1.95. The minimum atomic E-state index is -0.708. The van der Waals surface area contributed by atoms with Gasteiger partial charge in [-0.25, -0.2) is 9.97 Å². The summed E-state index contributed by atoms with van der Waals surface area (Å²) in [4.78, 5) is 31.4. The van der Waals surface area contributed by atoms with Gasteiger partial charge in [0.15, 0.2) is 10.9 Å². The number of furan rings is 1. The standard InChI is InChI=1S/C11H8N2O3S/c1-17-11-12-5-4-7(13-11)9(14)10(15)8-3-2-6-16-8/h2-6H,1H3. The van der Waals surface area contributed by atoms with Crippen molar-refractivity contribution >= 4 is 23.3 Å². The second-order valence-electron chi connectivity index (χ2n) is 3.06. The van der Waals surface area contributed by atoms with Crippen LogP contribution >= 0.6 is 11.8 Å². The molecule has 0 unspecified atom stereocenters. The molecule has 17 heavy (non-hydrogen) atoms. The number of ketones is 2. The maximum atomic E-state index is 11.8. The van der Waals surface area contributed by atoms with Crippen LogP contribution in [0.2, 0.25) is 0 Å². The van der Waals surface area contributed by atoms with Gasteiger partial charge in [-0.15, -0.1) is 0 Å². The number of rotatable bonds is 4. The molecule has 0 aliphatic rings. The second kappa shape index (κ2) is 4.92. The SMILES string of the molecule is CSc1nccc(C(=O)C(=O)c2ccco2)n1. The number of thioether (sulfide) groups is 1. The fraction of sp³-hybridized carbons (Fsp3) is 0.0909. The zero-order chi connectivity index (χ0) is 12.3. The second-order valence-corrected chi connectivity index (χ2v) is 3.84. The molecule has 0 spiro atoms. The predicted octanol–water partition coefficient (Wildman–Crippen LogP) is 1.86. The Morgan fingerprint density at radius 1 is 1.29 bits per heavy atom. The monoisotopic (exact) mass is 248 g/mol.